The summed E-state index contributed by atoms with van der Waals surface area (Å²) in [5.74, 6) is 0.371. The van der Waals surface area contributed by atoms with E-state index in [0.29, 0.717) is 11.5 Å². The zero-order valence-electron chi connectivity index (χ0n) is 12.9. The lowest BCUT2D eigenvalue weighted by Crippen LogP contribution is -2.37. The first-order valence-corrected chi connectivity index (χ1v) is 7.96. The minimum atomic E-state index is -0.0303. The number of hydrogen-bond donors (Lipinski definition) is 2. The van der Waals surface area contributed by atoms with E-state index in [2.05, 4.69) is 10.3 Å². The molecule has 2 unspecified atom stereocenters. The highest BCUT2D eigenvalue weighted by Gasteiger charge is 2.28. The number of carbonyl (C=O) groups is 1. The second kappa shape index (κ2) is 6.44. The topological polar surface area (TPSA) is 62.2 Å². The van der Waals surface area contributed by atoms with Gasteiger partial charge in [-0.05, 0) is 56.4 Å². The Morgan fingerprint density at radius 3 is 3.00 bits per heavy atom. The third-order valence-electron chi connectivity index (χ3n) is 4.57. The Hall–Kier alpha value is -1.94. The van der Waals surface area contributed by atoms with Crippen molar-refractivity contribution < 1.29 is 9.90 Å². The number of aliphatic hydroxyl groups excluding tert-OH is 1. The maximum absolute atomic E-state index is 12.5. The standard InChI is InChI=1S/C18H22N2O2/c1-12-5-6-14-11-15(7-8-17(14)19-12)18(22)20-16-4-2-3-13(16)9-10-21/h5-8,11,13,16,21H,2-4,9-10H2,1H3,(H,20,22). The molecule has 1 amide bonds. The number of nitrogens with one attached hydrogen (secondary N) is 1. The quantitative estimate of drug-likeness (QED) is 0.912. The SMILES string of the molecule is Cc1ccc2cc(C(=O)NC3CCCC3CCO)ccc2n1. The van der Waals surface area contributed by atoms with Crippen LogP contribution in [0.4, 0.5) is 0 Å². The lowest BCUT2D eigenvalue weighted by molar-refractivity contribution is 0.0923. The fourth-order valence-corrected chi connectivity index (χ4v) is 3.36. The van der Waals surface area contributed by atoms with Crippen LogP contribution in [0.5, 0.6) is 0 Å². The number of nitrogens with zero attached hydrogens (tertiary/aromatic N) is 1. The molecule has 1 aliphatic rings. The zero-order chi connectivity index (χ0) is 15.5. The largest absolute Gasteiger partial charge is 0.396 e. The summed E-state index contributed by atoms with van der Waals surface area (Å²) in [7, 11) is 0. The number of pyridine rings is 1. The number of amides is 1. The van der Waals surface area contributed by atoms with Crippen molar-refractivity contribution in [3.63, 3.8) is 0 Å². The predicted octanol–water partition coefficient (Wildman–Crippen LogP) is 2.82. The average Bonchev–Trinajstić information content (AvgIpc) is 2.94. The molecule has 0 bridgehead atoms. The van der Waals surface area contributed by atoms with Crippen LogP contribution in [0, 0.1) is 12.8 Å². The van der Waals surface area contributed by atoms with Gasteiger partial charge in [-0.3, -0.25) is 9.78 Å². The Morgan fingerprint density at radius 1 is 1.32 bits per heavy atom. The molecule has 1 aliphatic carbocycles. The van der Waals surface area contributed by atoms with Crippen molar-refractivity contribution in [3.05, 3.63) is 41.6 Å². The van der Waals surface area contributed by atoms with E-state index in [1.54, 1.807) is 0 Å². The lowest BCUT2D eigenvalue weighted by atomic mass is 9.99. The summed E-state index contributed by atoms with van der Waals surface area (Å²) in [4.78, 5) is 16.9. The van der Waals surface area contributed by atoms with Crippen LogP contribution in [-0.4, -0.2) is 28.6 Å². The van der Waals surface area contributed by atoms with Crippen molar-refractivity contribution in [3.8, 4) is 0 Å². The monoisotopic (exact) mass is 298 g/mol. The Kier molecular flexibility index (Phi) is 4.39. The smallest absolute Gasteiger partial charge is 0.251 e. The molecule has 2 aromatic rings. The highest BCUT2D eigenvalue weighted by Crippen LogP contribution is 2.28. The molecule has 3 rings (SSSR count). The van der Waals surface area contributed by atoms with Crippen LogP contribution in [-0.2, 0) is 0 Å². The van der Waals surface area contributed by atoms with Crippen molar-refractivity contribution in [1.82, 2.24) is 10.3 Å². The van der Waals surface area contributed by atoms with E-state index in [1.165, 1.54) is 0 Å². The summed E-state index contributed by atoms with van der Waals surface area (Å²) >= 11 is 0. The maximum Gasteiger partial charge on any atom is 0.251 e. The first-order valence-electron chi connectivity index (χ1n) is 7.96. The lowest BCUT2D eigenvalue weighted by Gasteiger charge is -2.20. The third-order valence-corrected chi connectivity index (χ3v) is 4.57. The number of rotatable bonds is 4. The molecule has 4 heteroatoms. The Balaban J connectivity index is 1.76. The minimum Gasteiger partial charge on any atom is -0.396 e. The number of hydrogen-bond acceptors (Lipinski definition) is 3. The molecule has 2 atom stereocenters. The molecule has 2 N–H and O–H groups in total. The van der Waals surface area contributed by atoms with Gasteiger partial charge in [-0.2, -0.15) is 0 Å². The molecule has 1 fully saturated rings. The number of aliphatic hydroxyl groups is 1. The number of carbonyl (C=O) groups excluding carboxylic acids is 1. The van der Waals surface area contributed by atoms with Crippen LogP contribution >= 0.6 is 0 Å². The average molecular weight is 298 g/mol. The molecule has 0 aliphatic heterocycles. The van der Waals surface area contributed by atoms with E-state index in [0.717, 1.165) is 42.3 Å². The van der Waals surface area contributed by atoms with E-state index in [4.69, 9.17) is 5.11 Å². The molecular formula is C18H22N2O2. The molecule has 1 saturated carbocycles. The van der Waals surface area contributed by atoms with Gasteiger partial charge in [0.2, 0.25) is 0 Å². The van der Waals surface area contributed by atoms with Gasteiger partial charge in [-0.25, -0.2) is 0 Å². The van der Waals surface area contributed by atoms with Gasteiger partial charge < -0.3 is 10.4 Å². The molecule has 22 heavy (non-hydrogen) atoms. The van der Waals surface area contributed by atoms with Gasteiger partial charge >= 0.3 is 0 Å². The van der Waals surface area contributed by atoms with Crippen molar-refractivity contribution in [1.29, 1.82) is 0 Å². The van der Waals surface area contributed by atoms with Crippen LogP contribution in [0.3, 0.4) is 0 Å². The van der Waals surface area contributed by atoms with Crippen LogP contribution in [0.15, 0.2) is 30.3 Å². The van der Waals surface area contributed by atoms with Gasteiger partial charge in [0, 0.05) is 29.3 Å². The van der Waals surface area contributed by atoms with Gasteiger partial charge in [-0.15, -0.1) is 0 Å². The van der Waals surface area contributed by atoms with Crippen molar-refractivity contribution in [2.75, 3.05) is 6.61 Å². The maximum atomic E-state index is 12.5. The summed E-state index contributed by atoms with van der Waals surface area (Å²) in [6.45, 7) is 2.15. The van der Waals surface area contributed by atoms with Crippen molar-refractivity contribution in [2.45, 2.75) is 38.6 Å². The first kappa shape index (κ1) is 15.0. The second-order valence-corrected chi connectivity index (χ2v) is 6.14. The predicted molar refractivity (Wildman–Crippen MR) is 86.8 cm³/mol. The van der Waals surface area contributed by atoms with Crippen LogP contribution < -0.4 is 5.32 Å². The molecule has 0 saturated heterocycles. The van der Waals surface area contributed by atoms with Crippen LogP contribution in [0.2, 0.25) is 0 Å². The summed E-state index contributed by atoms with van der Waals surface area (Å²) in [5, 5.41) is 13.2. The van der Waals surface area contributed by atoms with Gasteiger partial charge in [0.25, 0.3) is 5.91 Å². The molecule has 0 radical (unpaired) electrons. The fraction of sp³-hybridized carbons (Fsp3) is 0.444. The third kappa shape index (κ3) is 3.12. The minimum absolute atomic E-state index is 0.0303. The van der Waals surface area contributed by atoms with Crippen LogP contribution in [0.1, 0.15) is 41.7 Å². The zero-order valence-corrected chi connectivity index (χ0v) is 12.9. The summed E-state index contributed by atoms with van der Waals surface area (Å²) in [6.07, 6.45) is 3.99. The molecule has 1 aromatic carbocycles. The van der Waals surface area contributed by atoms with E-state index >= 15 is 0 Å². The van der Waals surface area contributed by atoms with Gasteiger partial charge in [0.05, 0.1) is 5.52 Å². The first-order chi connectivity index (χ1) is 10.7. The van der Waals surface area contributed by atoms with E-state index < -0.39 is 0 Å². The van der Waals surface area contributed by atoms with Gasteiger partial charge in [0.15, 0.2) is 0 Å². The number of aromatic nitrogens is 1. The molecule has 4 nitrogen and oxygen atoms in total. The summed E-state index contributed by atoms with van der Waals surface area (Å²) in [6, 6.07) is 9.77. The number of aryl methyl sites for hydroxylation is 1. The van der Waals surface area contributed by atoms with Gasteiger partial charge in [0.1, 0.15) is 0 Å². The van der Waals surface area contributed by atoms with Gasteiger partial charge in [-0.1, -0.05) is 12.5 Å². The van der Waals surface area contributed by atoms with E-state index in [1.807, 2.05) is 37.3 Å². The Morgan fingerprint density at radius 2 is 2.18 bits per heavy atom. The molecule has 0 spiro atoms. The Labute approximate surface area is 130 Å². The summed E-state index contributed by atoms with van der Waals surface area (Å²) < 4.78 is 0. The number of fused-ring (bicyclic) bond motifs is 1. The van der Waals surface area contributed by atoms with E-state index in [9.17, 15) is 4.79 Å². The molecule has 1 aromatic heterocycles. The highest BCUT2D eigenvalue weighted by molar-refractivity contribution is 5.98. The molecule has 116 valence electrons. The van der Waals surface area contributed by atoms with Crippen molar-refractivity contribution in [2.24, 2.45) is 5.92 Å². The fourth-order valence-electron chi connectivity index (χ4n) is 3.36. The highest BCUT2D eigenvalue weighted by atomic mass is 16.3. The number of benzene rings is 1. The normalized spacial score (nSPS) is 21.2. The Bertz CT molecular complexity index is 684. The van der Waals surface area contributed by atoms with Crippen LogP contribution in [0.25, 0.3) is 10.9 Å². The molecular weight excluding hydrogens is 276 g/mol. The second-order valence-electron chi connectivity index (χ2n) is 6.14. The summed E-state index contributed by atoms with van der Waals surface area (Å²) in [5.41, 5.74) is 2.56. The van der Waals surface area contributed by atoms with Crippen molar-refractivity contribution >= 4 is 16.8 Å². The molecule has 1 heterocycles. The van der Waals surface area contributed by atoms with E-state index in [-0.39, 0.29) is 18.6 Å².